The average molecular weight is 434 g/mol. The van der Waals surface area contributed by atoms with Gasteiger partial charge >= 0.3 is 0 Å². The Balaban J connectivity index is 0.00000392. The predicted molar refractivity (Wildman–Crippen MR) is 102 cm³/mol. The second-order valence-electron chi connectivity index (χ2n) is 5.64. The number of rotatable bonds is 8. The Morgan fingerprint density at radius 2 is 1.21 bits per heavy atom. The van der Waals surface area contributed by atoms with E-state index in [4.69, 9.17) is 9.47 Å². The molecule has 2 N–H and O–H groups in total. The van der Waals surface area contributed by atoms with E-state index in [9.17, 15) is 19.8 Å². The molecule has 0 fully saturated rings. The zero-order valence-electron chi connectivity index (χ0n) is 15.7. The average Bonchev–Trinajstić information content (AvgIpc) is 2.66. The molecule has 0 aliphatic heterocycles. The first-order chi connectivity index (χ1) is 12.9. The summed E-state index contributed by atoms with van der Waals surface area (Å²) in [4.78, 5) is 23.9. The third-order valence-electron chi connectivity index (χ3n) is 3.68. The van der Waals surface area contributed by atoms with Crippen LogP contribution in [-0.2, 0) is 29.1 Å². The minimum Gasteiger partial charge on any atom is -0.504 e. The minimum atomic E-state index is -0.347. The first kappa shape index (κ1) is 23.1. The molecule has 0 radical (unpaired) electrons. The first-order valence-electron chi connectivity index (χ1n) is 8.08. The van der Waals surface area contributed by atoms with Gasteiger partial charge in [-0.3, -0.25) is 9.59 Å². The van der Waals surface area contributed by atoms with Crippen molar-refractivity contribution in [2.45, 2.75) is 6.42 Å². The molecule has 0 unspecified atom stereocenters. The summed E-state index contributed by atoms with van der Waals surface area (Å²) in [6.07, 6.45) is 5.44. The standard InChI is InChI=1S/C21H20O6.Zn/c1-26-20-11-14(5-9-18(20)24)3-7-16(22)13-17(23)8-4-15-6-10-19(25)21(12-15)27-2;/h3-12,24-25H,13H2,1-2H3;/b7-3+,8-4+;. The van der Waals surface area contributed by atoms with Gasteiger partial charge in [-0.1, -0.05) is 24.3 Å². The van der Waals surface area contributed by atoms with Crippen LogP contribution in [0, 0.1) is 0 Å². The Kier molecular flexibility index (Phi) is 9.12. The van der Waals surface area contributed by atoms with E-state index in [-0.39, 0.29) is 49.0 Å². The largest absolute Gasteiger partial charge is 0.504 e. The van der Waals surface area contributed by atoms with Gasteiger partial charge in [0, 0.05) is 19.5 Å². The molecule has 0 bridgehead atoms. The van der Waals surface area contributed by atoms with Gasteiger partial charge in [0.2, 0.25) is 0 Å². The van der Waals surface area contributed by atoms with E-state index >= 15 is 0 Å². The molecular formula is C21H20O6Zn. The number of hydrogen-bond acceptors (Lipinski definition) is 6. The summed E-state index contributed by atoms with van der Waals surface area (Å²) in [5, 5.41) is 19.1. The van der Waals surface area contributed by atoms with Crippen molar-refractivity contribution in [3.8, 4) is 23.0 Å². The summed E-state index contributed by atoms with van der Waals surface area (Å²) in [7, 11) is 2.87. The molecule has 2 rings (SSSR count). The van der Waals surface area contributed by atoms with E-state index in [0.29, 0.717) is 22.6 Å². The molecule has 0 aromatic heterocycles. The number of allylic oxidation sites excluding steroid dienone is 2. The maximum atomic E-state index is 11.9. The summed E-state index contributed by atoms with van der Waals surface area (Å²) in [5.41, 5.74) is 1.33. The number of phenols is 2. The van der Waals surface area contributed by atoms with E-state index in [1.807, 2.05) is 0 Å². The number of aromatic hydroxyl groups is 2. The molecule has 142 valence electrons. The van der Waals surface area contributed by atoms with Gasteiger partial charge < -0.3 is 19.7 Å². The van der Waals surface area contributed by atoms with Crippen molar-refractivity contribution in [1.29, 1.82) is 0 Å². The van der Waals surface area contributed by atoms with Gasteiger partial charge in [0.1, 0.15) is 0 Å². The fourth-order valence-corrected chi connectivity index (χ4v) is 2.26. The molecule has 28 heavy (non-hydrogen) atoms. The van der Waals surface area contributed by atoms with Crippen LogP contribution in [0.4, 0.5) is 0 Å². The normalized spacial score (nSPS) is 10.6. The second kappa shape index (κ2) is 11.0. The fraction of sp³-hybridized carbons (Fsp3) is 0.143. The Hall–Kier alpha value is -2.92. The number of carbonyl (C=O) groups is 2. The molecule has 0 aliphatic carbocycles. The molecule has 0 aliphatic rings. The molecule has 0 amide bonds. The van der Waals surface area contributed by atoms with Crippen LogP contribution in [0.2, 0.25) is 0 Å². The summed E-state index contributed by atoms with van der Waals surface area (Å²) >= 11 is 0. The summed E-state index contributed by atoms with van der Waals surface area (Å²) in [6, 6.07) is 9.34. The van der Waals surface area contributed by atoms with Gasteiger partial charge in [-0.2, -0.15) is 0 Å². The van der Waals surface area contributed by atoms with Crippen molar-refractivity contribution in [2.75, 3.05) is 14.2 Å². The first-order valence-corrected chi connectivity index (χ1v) is 8.08. The van der Waals surface area contributed by atoms with Crippen LogP contribution in [0.1, 0.15) is 17.5 Å². The zero-order valence-corrected chi connectivity index (χ0v) is 18.7. The number of carbonyl (C=O) groups excluding carboxylic acids is 2. The van der Waals surface area contributed by atoms with E-state index in [1.165, 1.54) is 38.5 Å². The van der Waals surface area contributed by atoms with Crippen molar-refractivity contribution in [3.63, 3.8) is 0 Å². The summed E-state index contributed by atoms with van der Waals surface area (Å²) < 4.78 is 10.00. The molecular weight excluding hydrogens is 414 g/mol. The molecule has 0 spiro atoms. The molecule has 2 aromatic rings. The van der Waals surface area contributed by atoms with Crippen LogP contribution in [-0.4, -0.2) is 36.0 Å². The van der Waals surface area contributed by atoms with Crippen LogP contribution in [0.3, 0.4) is 0 Å². The third-order valence-corrected chi connectivity index (χ3v) is 3.68. The van der Waals surface area contributed by atoms with Gasteiger partial charge in [0.25, 0.3) is 0 Å². The quantitative estimate of drug-likeness (QED) is 0.377. The van der Waals surface area contributed by atoms with Crippen LogP contribution >= 0.6 is 0 Å². The molecule has 7 heteroatoms. The van der Waals surface area contributed by atoms with Crippen LogP contribution in [0.25, 0.3) is 12.2 Å². The van der Waals surface area contributed by atoms with Gasteiger partial charge in [-0.15, -0.1) is 0 Å². The Morgan fingerprint density at radius 1 is 0.821 bits per heavy atom. The van der Waals surface area contributed by atoms with E-state index in [1.54, 1.807) is 36.4 Å². The smallest absolute Gasteiger partial charge is 0.163 e. The number of methoxy groups -OCH3 is 2. The van der Waals surface area contributed by atoms with Crippen molar-refractivity contribution in [2.24, 2.45) is 0 Å². The maximum Gasteiger partial charge on any atom is 0.163 e. The van der Waals surface area contributed by atoms with Gasteiger partial charge in [0.15, 0.2) is 34.6 Å². The van der Waals surface area contributed by atoms with Crippen molar-refractivity contribution >= 4 is 23.7 Å². The summed E-state index contributed by atoms with van der Waals surface area (Å²) in [5.74, 6) is -0.0832. The van der Waals surface area contributed by atoms with Gasteiger partial charge in [-0.05, 0) is 47.5 Å². The van der Waals surface area contributed by atoms with Crippen LogP contribution in [0.15, 0.2) is 48.6 Å². The topological polar surface area (TPSA) is 93.1 Å². The van der Waals surface area contributed by atoms with Gasteiger partial charge in [0.05, 0.1) is 20.6 Å². The SMILES string of the molecule is COc1cc(/C=C/C(=O)CC(=O)/C=C/c2ccc(O)c(OC)c2)ccc1O.[Zn]. The number of hydrogen-bond donors (Lipinski definition) is 2. The van der Waals surface area contributed by atoms with Gasteiger partial charge in [-0.25, -0.2) is 0 Å². The monoisotopic (exact) mass is 432 g/mol. The Morgan fingerprint density at radius 3 is 1.57 bits per heavy atom. The molecule has 0 heterocycles. The zero-order chi connectivity index (χ0) is 19.8. The predicted octanol–water partition coefficient (Wildman–Crippen LogP) is 3.37. The number of ketones is 2. The number of ether oxygens (including phenoxy) is 2. The van der Waals surface area contributed by atoms with Crippen molar-refractivity contribution in [3.05, 3.63) is 59.7 Å². The minimum absolute atomic E-state index is 0. The molecule has 0 saturated carbocycles. The van der Waals surface area contributed by atoms with E-state index in [2.05, 4.69) is 0 Å². The second-order valence-corrected chi connectivity index (χ2v) is 5.64. The number of phenolic OH excluding ortho intramolecular Hbond substituents is 2. The van der Waals surface area contributed by atoms with Crippen LogP contribution < -0.4 is 9.47 Å². The van der Waals surface area contributed by atoms with E-state index < -0.39 is 0 Å². The van der Waals surface area contributed by atoms with Crippen LogP contribution in [0.5, 0.6) is 23.0 Å². The Bertz CT molecular complexity index is 828. The maximum absolute atomic E-state index is 11.9. The third kappa shape index (κ3) is 6.67. The molecule has 2 aromatic carbocycles. The van der Waals surface area contributed by atoms with Crippen molar-refractivity contribution in [1.82, 2.24) is 0 Å². The molecule has 0 saturated heterocycles. The summed E-state index contributed by atoms with van der Waals surface area (Å²) in [6.45, 7) is 0. The van der Waals surface area contributed by atoms with Crippen molar-refractivity contribution < 1.29 is 48.8 Å². The van der Waals surface area contributed by atoms with E-state index in [0.717, 1.165) is 0 Å². The molecule has 0 atom stereocenters. The fourth-order valence-electron chi connectivity index (χ4n) is 2.26. The molecule has 6 nitrogen and oxygen atoms in total. The number of benzene rings is 2. The Labute approximate surface area is 175 Å².